The van der Waals surface area contributed by atoms with E-state index >= 15 is 0 Å². The lowest BCUT2D eigenvalue weighted by Crippen LogP contribution is -1.86. The van der Waals surface area contributed by atoms with Gasteiger partial charge in [-0.2, -0.15) is 0 Å². The van der Waals surface area contributed by atoms with Gasteiger partial charge in [0.25, 0.3) is 0 Å². The second kappa shape index (κ2) is 2.78. The Morgan fingerprint density at radius 2 is 1.80 bits per heavy atom. The highest BCUT2D eigenvalue weighted by molar-refractivity contribution is 7.46. The molecule has 1 N–H and O–H groups in total. The van der Waals surface area contributed by atoms with Crippen LogP contribution in [0.1, 0.15) is 0 Å². The first-order valence-electron chi connectivity index (χ1n) is 0.924. The fourth-order valence-electron chi connectivity index (χ4n) is 0. The molecule has 0 fully saturated rings. The van der Waals surface area contributed by atoms with Gasteiger partial charge in [-0.3, -0.25) is 0 Å². The van der Waals surface area contributed by atoms with E-state index in [0.29, 0.717) is 4.54 Å². The summed E-state index contributed by atoms with van der Waals surface area (Å²) in [6, 6.07) is 0. The topological polar surface area (TPSA) is 20.2 Å². The molecular weight excluding hydrogens is 115 g/mol. The van der Waals surface area contributed by atoms with Gasteiger partial charge in [0.1, 0.15) is 0 Å². The molecule has 0 aromatic carbocycles. The number of rotatable bonds is 0. The zero-order valence-corrected chi connectivity index (χ0v) is 5.29. The van der Waals surface area contributed by atoms with E-state index in [1.807, 2.05) is 0 Å². The van der Waals surface area contributed by atoms with Crippen molar-refractivity contribution in [2.24, 2.45) is 0 Å². The van der Waals surface area contributed by atoms with Crippen LogP contribution in [0.2, 0.25) is 0 Å². The summed E-state index contributed by atoms with van der Waals surface area (Å²) in [5.41, 5.74) is 0. The normalized spacial score (nSPS) is 8.60. The summed E-state index contributed by atoms with van der Waals surface area (Å²) < 4.78 is 0.644. The Morgan fingerprint density at radius 1 is 1.60 bits per heavy atom. The van der Waals surface area contributed by atoms with Crippen LogP contribution in [-0.4, -0.2) is 29.9 Å². The van der Waals surface area contributed by atoms with Gasteiger partial charge in [-0.25, -0.2) is 0 Å². The quantitative estimate of drug-likeness (QED) is 0.326. The van der Waals surface area contributed by atoms with Gasteiger partial charge < -0.3 is 4.89 Å². The first-order valence-corrected chi connectivity index (χ1v) is 2.77. The molecule has 0 amide bonds. The van der Waals surface area contributed by atoms with Gasteiger partial charge in [0.15, 0.2) is 0 Å². The molecule has 0 aliphatic carbocycles. The Balaban J connectivity index is 3.14. The minimum absolute atomic E-state index is 0.241. The van der Waals surface area contributed by atoms with E-state index in [2.05, 4.69) is 20.5 Å². The molecule has 0 unspecified atom stereocenters. The minimum atomic E-state index is 0.241. The SMILES string of the molecule is OP=C([Si])[Si]. The van der Waals surface area contributed by atoms with Crippen molar-refractivity contribution in [1.82, 2.24) is 0 Å². The van der Waals surface area contributed by atoms with Crippen molar-refractivity contribution in [3.63, 3.8) is 0 Å². The third kappa shape index (κ3) is 4.56. The van der Waals surface area contributed by atoms with Crippen LogP contribution < -0.4 is 0 Å². The molecule has 0 rings (SSSR count). The molecule has 5 heavy (non-hydrogen) atoms. The highest BCUT2D eigenvalue weighted by Gasteiger charge is 1.66. The van der Waals surface area contributed by atoms with Crippen molar-refractivity contribution < 1.29 is 4.89 Å². The van der Waals surface area contributed by atoms with Gasteiger partial charge in [-0.05, 0) is 0 Å². The van der Waals surface area contributed by atoms with Crippen LogP contribution >= 0.6 is 8.43 Å². The predicted molar refractivity (Wildman–Crippen MR) is 25.7 cm³/mol. The van der Waals surface area contributed by atoms with Gasteiger partial charge in [-0.1, -0.05) is 4.54 Å². The van der Waals surface area contributed by atoms with Gasteiger partial charge >= 0.3 is 0 Å². The lowest BCUT2D eigenvalue weighted by molar-refractivity contribution is 0.661. The maximum Gasteiger partial charge on any atom is 0.0674 e. The van der Waals surface area contributed by atoms with Crippen molar-refractivity contribution >= 4 is 33.5 Å². The van der Waals surface area contributed by atoms with Gasteiger partial charge in [-0.15, -0.1) is 0 Å². The van der Waals surface area contributed by atoms with Crippen molar-refractivity contribution in [3.8, 4) is 0 Å². The molecule has 0 aliphatic rings. The maximum absolute atomic E-state index is 7.98. The summed E-state index contributed by atoms with van der Waals surface area (Å²) in [6.07, 6.45) is 0. The molecule has 0 heterocycles. The zero-order chi connectivity index (χ0) is 4.28. The molecule has 24 valence electrons. The molecule has 0 spiro atoms. The highest BCUT2D eigenvalue weighted by Crippen LogP contribution is 1.78. The Hall–Kier alpha value is 0.564. The fourth-order valence-corrected chi connectivity index (χ4v) is 0. The molecular formula is CHOPSi2. The Morgan fingerprint density at radius 3 is 1.80 bits per heavy atom. The smallest absolute Gasteiger partial charge is 0.0674 e. The van der Waals surface area contributed by atoms with Crippen molar-refractivity contribution in [2.75, 3.05) is 0 Å². The monoisotopic (exact) mass is 116 g/mol. The van der Waals surface area contributed by atoms with Crippen LogP contribution in [0, 0.1) is 0 Å². The average Bonchev–Trinajstić information content (AvgIpc) is 1.38. The predicted octanol–water partition coefficient (Wildman–Crippen LogP) is -0.736. The number of hydrogen-bond acceptors (Lipinski definition) is 1. The molecule has 0 bridgehead atoms. The van der Waals surface area contributed by atoms with Crippen molar-refractivity contribution in [1.29, 1.82) is 0 Å². The molecule has 0 aromatic rings. The van der Waals surface area contributed by atoms with Crippen LogP contribution in [0.4, 0.5) is 0 Å². The lowest BCUT2D eigenvalue weighted by Gasteiger charge is -1.69. The highest BCUT2D eigenvalue weighted by atomic mass is 31.1. The third-order valence-corrected chi connectivity index (χ3v) is 0.900. The molecule has 0 atom stereocenters. The lowest BCUT2D eigenvalue weighted by atomic mass is 11.9. The summed E-state index contributed by atoms with van der Waals surface area (Å²) >= 11 is 0. The largest absolute Gasteiger partial charge is 0.342 e. The molecule has 1 nitrogen and oxygen atoms in total. The average molecular weight is 116 g/mol. The van der Waals surface area contributed by atoms with E-state index in [0.717, 1.165) is 0 Å². The van der Waals surface area contributed by atoms with Crippen LogP contribution in [0.25, 0.3) is 0 Å². The second-order valence-electron chi connectivity index (χ2n) is 0.449. The Kier molecular flexibility index (Phi) is 3.10. The summed E-state index contributed by atoms with van der Waals surface area (Å²) in [4.78, 5) is 7.98. The molecule has 0 aliphatic heterocycles. The van der Waals surface area contributed by atoms with Crippen LogP contribution in [0.5, 0.6) is 0 Å². The third-order valence-electron chi connectivity index (χ3n) is 0.100. The summed E-state index contributed by atoms with van der Waals surface area (Å²) in [6.45, 7) is 0. The van der Waals surface area contributed by atoms with E-state index in [1.54, 1.807) is 0 Å². The minimum Gasteiger partial charge on any atom is -0.342 e. The molecule has 0 saturated heterocycles. The fraction of sp³-hybridized carbons (Fsp3) is 0. The standard InChI is InChI=1S/CHOPSi2/c2-3-1(4)5/h2H. The molecule has 6 radical (unpaired) electrons. The Bertz CT molecular complexity index is 47.6. The van der Waals surface area contributed by atoms with E-state index in [4.69, 9.17) is 4.89 Å². The van der Waals surface area contributed by atoms with Crippen LogP contribution in [0.15, 0.2) is 0 Å². The van der Waals surface area contributed by atoms with E-state index in [9.17, 15) is 0 Å². The van der Waals surface area contributed by atoms with Crippen molar-refractivity contribution in [3.05, 3.63) is 0 Å². The van der Waals surface area contributed by atoms with Gasteiger partial charge in [0, 0.05) is 8.43 Å². The summed E-state index contributed by atoms with van der Waals surface area (Å²) in [5.74, 6) is 0. The summed E-state index contributed by atoms with van der Waals surface area (Å²) in [5, 5.41) is 0. The Labute approximate surface area is 39.1 Å². The van der Waals surface area contributed by atoms with E-state index < -0.39 is 0 Å². The molecule has 4 heteroatoms. The second-order valence-corrected chi connectivity index (χ2v) is 3.44. The molecule has 0 saturated carbocycles. The first-order chi connectivity index (χ1) is 2.27. The summed E-state index contributed by atoms with van der Waals surface area (Å²) in [7, 11) is 6.21. The maximum atomic E-state index is 7.98. The zero-order valence-electron chi connectivity index (χ0n) is 2.39. The van der Waals surface area contributed by atoms with E-state index in [-0.39, 0.29) is 8.43 Å². The van der Waals surface area contributed by atoms with Gasteiger partial charge in [0.05, 0.1) is 20.5 Å². The van der Waals surface area contributed by atoms with Gasteiger partial charge in [0.2, 0.25) is 0 Å². The van der Waals surface area contributed by atoms with Crippen molar-refractivity contribution in [2.45, 2.75) is 0 Å². The molecule has 0 aromatic heterocycles. The van der Waals surface area contributed by atoms with Crippen LogP contribution in [0.3, 0.4) is 0 Å². The van der Waals surface area contributed by atoms with Crippen LogP contribution in [-0.2, 0) is 0 Å². The first kappa shape index (κ1) is 5.56. The van der Waals surface area contributed by atoms with E-state index in [1.165, 1.54) is 0 Å². The number of hydrogen-bond donors (Lipinski definition) is 1.